The average molecular weight is 322 g/mol. The molecule has 0 amide bonds. The highest BCUT2D eigenvalue weighted by atomic mass is 79.9. The molecule has 1 aliphatic rings. The predicted octanol–water partition coefficient (Wildman–Crippen LogP) is 4.40. The van der Waals surface area contributed by atoms with Crippen LogP contribution >= 0.6 is 27.3 Å². The van der Waals surface area contributed by atoms with E-state index in [4.69, 9.17) is 0 Å². The van der Waals surface area contributed by atoms with Crippen LogP contribution in [0, 0.1) is 6.92 Å². The molecule has 92 valence electrons. The first-order valence-corrected chi connectivity index (χ1v) is 7.55. The van der Waals surface area contributed by atoms with Crippen molar-refractivity contribution in [2.45, 2.75) is 26.2 Å². The lowest BCUT2D eigenvalue weighted by Gasteiger charge is -2.06. The third-order valence-electron chi connectivity index (χ3n) is 3.17. The first-order valence-electron chi connectivity index (χ1n) is 5.94. The van der Waals surface area contributed by atoms with Crippen LogP contribution in [-0.2, 0) is 6.42 Å². The number of thiazole rings is 1. The van der Waals surface area contributed by atoms with E-state index in [1.165, 1.54) is 5.56 Å². The molecule has 0 atom stereocenters. The number of hydrogen-bond acceptors (Lipinski definition) is 3. The van der Waals surface area contributed by atoms with E-state index in [9.17, 15) is 4.79 Å². The Morgan fingerprint density at radius 2 is 2.17 bits per heavy atom. The fourth-order valence-corrected chi connectivity index (χ4v) is 3.53. The normalized spacial score (nSPS) is 14.7. The van der Waals surface area contributed by atoms with Crippen molar-refractivity contribution >= 4 is 33.0 Å². The van der Waals surface area contributed by atoms with Gasteiger partial charge in [-0.3, -0.25) is 4.79 Å². The molecule has 0 aliphatic heterocycles. The summed E-state index contributed by atoms with van der Waals surface area (Å²) in [5, 5.41) is 0.964. The van der Waals surface area contributed by atoms with Gasteiger partial charge in [-0.25, -0.2) is 4.98 Å². The van der Waals surface area contributed by atoms with Gasteiger partial charge in [0, 0.05) is 21.3 Å². The Hall–Kier alpha value is -1.00. The van der Waals surface area contributed by atoms with Gasteiger partial charge < -0.3 is 0 Å². The highest BCUT2D eigenvalue weighted by molar-refractivity contribution is 9.10. The summed E-state index contributed by atoms with van der Waals surface area (Å²) in [5.74, 6) is 0.201. The second-order valence-electron chi connectivity index (χ2n) is 4.53. The number of aryl methyl sites for hydroxylation is 2. The maximum Gasteiger partial charge on any atom is 0.182 e. The lowest BCUT2D eigenvalue weighted by molar-refractivity contribution is 0.0968. The van der Waals surface area contributed by atoms with Crippen LogP contribution in [0.1, 0.15) is 33.8 Å². The van der Waals surface area contributed by atoms with Gasteiger partial charge in [0.05, 0.1) is 0 Å². The summed E-state index contributed by atoms with van der Waals surface area (Å²) < 4.78 is 1.10. The fourth-order valence-electron chi connectivity index (χ4n) is 2.17. The Kier molecular flexibility index (Phi) is 3.08. The van der Waals surface area contributed by atoms with Gasteiger partial charge in [0.1, 0.15) is 10.7 Å². The number of benzene rings is 1. The second kappa shape index (κ2) is 4.59. The van der Waals surface area contributed by atoms with Crippen molar-refractivity contribution < 1.29 is 4.79 Å². The number of carbonyl (C=O) groups excluding carboxylic acids is 1. The number of fused-ring (bicyclic) bond motifs is 1. The number of nitrogens with zero attached hydrogens (tertiary/aromatic N) is 1. The molecule has 0 unspecified atom stereocenters. The molecule has 0 saturated heterocycles. The van der Waals surface area contributed by atoms with Crippen LogP contribution in [0.15, 0.2) is 22.7 Å². The van der Waals surface area contributed by atoms with E-state index < -0.39 is 0 Å². The maximum absolute atomic E-state index is 11.8. The van der Waals surface area contributed by atoms with Crippen LogP contribution in [0.5, 0.6) is 0 Å². The van der Waals surface area contributed by atoms with Crippen molar-refractivity contribution in [2.75, 3.05) is 0 Å². The molecule has 1 aliphatic carbocycles. The van der Waals surface area contributed by atoms with Crippen molar-refractivity contribution in [1.29, 1.82) is 0 Å². The molecule has 1 heterocycles. The largest absolute Gasteiger partial charge is 0.292 e. The molecule has 0 spiro atoms. The molecule has 1 aromatic heterocycles. The summed E-state index contributed by atoms with van der Waals surface area (Å²) in [7, 11) is 0. The molecular formula is C14H12BrNOS. The quantitative estimate of drug-likeness (QED) is 0.779. The Labute approximate surface area is 118 Å². The zero-order valence-electron chi connectivity index (χ0n) is 10.00. The van der Waals surface area contributed by atoms with Gasteiger partial charge in [0.2, 0.25) is 0 Å². The smallest absolute Gasteiger partial charge is 0.182 e. The van der Waals surface area contributed by atoms with E-state index >= 15 is 0 Å². The Morgan fingerprint density at radius 3 is 2.89 bits per heavy atom. The number of halogens is 1. The third-order valence-corrected chi connectivity index (χ3v) is 5.23. The molecule has 4 heteroatoms. The molecule has 0 N–H and O–H groups in total. The summed E-state index contributed by atoms with van der Waals surface area (Å²) >= 11 is 5.16. The van der Waals surface area contributed by atoms with Crippen molar-refractivity contribution in [1.82, 2.24) is 4.98 Å². The van der Waals surface area contributed by atoms with Gasteiger partial charge >= 0.3 is 0 Å². The lowest BCUT2D eigenvalue weighted by Crippen LogP contribution is -2.08. The van der Waals surface area contributed by atoms with Crippen LogP contribution in [-0.4, -0.2) is 10.8 Å². The van der Waals surface area contributed by atoms with Crippen molar-refractivity contribution in [3.63, 3.8) is 0 Å². The molecule has 0 bridgehead atoms. The fraction of sp³-hybridized carbons (Fsp3) is 0.286. The summed E-state index contributed by atoms with van der Waals surface area (Å²) in [6, 6.07) is 6.19. The van der Waals surface area contributed by atoms with E-state index in [1.807, 2.05) is 12.1 Å². The van der Waals surface area contributed by atoms with Crippen LogP contribution in [0.25, 0.3) is 10.6 Å². The van der Waals surface area contributed by atoms with E-state index in [-0.39, 0.29) is 5.78 Å². The Bertz CT molecular complexity index is 633. The number of rotatable bonds is 1. The van der Waals surface area contributed by atoms with E-state index in [2.05, 4.69) is 33.9 Å². The second-order valence-corrected chi connectivity index (χ2v) is 6.47. The summed E-state index contributed by atoms with van der Waals surface area (Å²) in [4.78, 5) is 17.5. The van der Waals surface area contributed by atoms with Gasteiger partial charge in [0.25, 0.3) is 0 Å². The van der Waals surface area contributed by atoms with Crippen LogP contribution in [0.3, 0.4) is 0 Å². The lowest BCUT2D eigenvalue weighted by atomic mass is 10.0. The number of aromatic nitrogens is 1. The molecule has 0 saturated carbocycles. The molecule has 0 fully saturated rings. The van der Waals surface area contributed by atoms with Gasteiger partial charge in [-0.05, 0) is 37.5 Å². The standard InChI is InChI=1S/C14H12BrNOS/c1-8-7-9(5-6-10(8)15)14-16-13-11(17)3-2-4-12(13)18-14/h5-7H,2-4H2,1H3. The highest BCUT2D eigenvalue weighted by Gasteiger charge is 2.22. The number of Topliss-reactive ketones (excluding diaryl/α,β-unsaturated/α-hetero) is 1. The minimum absolute atomic E-state index is 0.201. The minimum Gasteiger partial charge on any atom is -0.292 e. The van der Waals surface area contributed by atoms with Crippen LogP contribution in [0.2, 0.25) is 0 Å². The maximum atomic E-state index is 11.8. The highest BCUT2D eigenvalue weighted by Crippen LogP contribution is 2.33. The van der Waals surface area contributed by atoms with E-state index in [0.717, 1.165) is 32.8 Å². The van der Waals surface area contributed by atoms with Gasteiger partial charge in [-0.1, -0.05) is 22.0 Å². The minimum atomic E-state index is 0.201. The zero-order chi connectivity index (χ0) is 12.7. The Morgan fingerprint density at radius 1 is 1.33 bits per heavy atom. The molecule has 18 heavy (non-hydrogen) atoms. The van der Waals surface area contributed by atoms with Gasteiger partial charge in [-0.2, -0.15) is 0 Å². The number of ketones is 1. The molecule has 1 aromatic carbocycles. The SMILES string of the molecule is Cc1cc(-c2nc3c(s2)CCCC3=O)ccc1Br. The molecule has 2 aromatic rings. The predicted molar refractivity (Wildman–Crippen MR) is 77.3 cm³/mol. The molecule has 2 nitrogen and oxygen atoms in total. The third kappa shape index (κ3) is 2.04. The first-order chi connectivity index (χ1) is 8.65. The van der Waals surface area contributed by atoms with Crippen molar-refractivity contribution in [3.8, 4) is 10.6 Å². The van der Waals surface area contributed by atoms with Crippen LogP contribution in [0.4, 0.5) is 0 Å². The van der Waals surface area contributed by atoms with E-state index in [1.54, 1.807) is 11.3 Å². The van der Waals surface area contributed by atoms with Crippen LogP contribution < -0.4 is 0 Å². The Balaban J connectivity index is 2.07. The van der Waals surface area contributed by atoms with Crippen molar-refractivity contribution in [2.24, 2.45) is 0 Å². The summed E-state index contributed by atoms with van der Waals surface area (Å²) in [6.07, 6.45) is 2.61. The number of hydrogen-bond donors (Lipinski definition) is 0. The van der Waals surface area contributed by atoms with E-state index in [0.29, 0.717) is 12.1 Å². The topological polar surface area (TPSA) is 30.0 Å². The average Bonchev–Trinajstić information content (AvgIpc) is 2.78. The van der Waals surface area contributed by atoms with Gasteiger partial charge in [-0.15, -0.1) is 11.3 Å². The zero-order valence-corrected chi connectivity index (χ0v) is 12.4. The number of carbonyl (C=O) groups is 1. The molecule has 0 radical (unpaired) electrons. The monoisotopic (exact) mass is 321 g/mol. The molecule has 3 rings (SSSR count). The first kappa shape index (κ1) is 12.1. The summed E-state index contributed by atoms with van der Waals surface area (Å²) in [5.41, 5.74) is 3.00. The van der Waals surface area contributed by atoms with Crippen molar-refractivity contribution in [3.05, 3.63) is 38.8 Å². The van der Waals surface area contributed by atoms with Gasteiger partial charge in [0.15, 0.2) is 5.78 Å². The molecular weight excluding hydrogens is 310 g/mol. The summed E-state index contributed by atoms with van der Waals surface area (Å²) in [6.45, 7) is 2.06.